The first-order valence-corrected chi connectivity index (χ1v) is 7.01. The van der Waals surface area contributed by atoms with Crippen molar-refractivity contribution in [2.45, 2.75) is 12.8 Å². The van der Waals surface area contributed by atoms with E-state index in [0.717, 1.165) is 18.8 Å². The van der Waals surface area contributed by atoms with Gasteiger partial charge in [-0.15, -0.1) is 0 Å². The van der Waals surface area contributed by atoms with Crippen LogP contribution in [0.2, 0.25) is 0 Å². The average molecular weight is 278 g/mol. The van der Waals surface area contributed by atoms with Crippen LogP contribution in [0.3, 0.4) is 0 Å². The number of anilines is 2. The molecule has 5 nitrogen and oxygen atoms in total. The molecule has 1 saturated heterocycles. The summed E-state index contributed by atoms with van der Waals surface area (Å²) in [6, 6.07) is 7.96. The van der Waals surface area contributed by atoms with Crippen molar-refractivity contribution in [2.75, 3.05) is 50.2 Å². The third-order valence-electron chi connectivity index (χ3n) is 3.29. The van der Waals surface area contributed by atoms with E-state index in [0.29, 0.717) is 13.2 Å². The first kappa shape index (κ1) is 14.8. The summed E-state index contributed by atoms with van der Waals surface area (Å²) < 4.78 is 10.0. The van der Waals surface area contributed by atoms with E-state index in [2.05, 4.69) is 10.2 Å². The first-order valence-electron chi connectivity index (χ1n) is 7.01. The van der Waals surface area contributed by atoms with Gasteiger partial charge in [0.2, 0.25) is 5.91 Å². The molecule has 1 aliphatic heterocycles. The Balaban J connectivity index is 1.76. The highest BCUT2D eigenvalue weighted by molar-refractivity contribution is 5.91. The predicted molar refractivity (Wildman–Crippen MR) is 79.2 cm³/mol. The molecule has 110 valence electrons. The summed E-state index contributed by atoms with van der Waals surface area (Å²) in [5.41, 5.74) is 2.02. The van der Waals surface area contributed by atoms with Crippen LogP contribution in [-0.4, -0.2) is 45.9 Å². The Hall–Kier alpha value is -1.59. The Morgan fingerprint density at radius 1 is 1.20 bits per heavy atom. The highest BCUT2D eigenvalue weighted by Gasteiger charge is 2.12. The van der Waals surface area contributed by atoms with E-state index in [1.165, 1.54) is 18.5 Å². The smallest absolute Gasteiger partial charge is 0.250 e. The van der Waals surface area contributed by atoms with Crippen molar-refractivity contribution in [3.63, 3.8) is 0 Å². The molecule has 0 aromatic heterocycles. The van der Waals surface area contributed by atoms with Gasteiger partial charge in [-0.3, -0.25) is 4.79 Å². The minimum Gasteiger partial charge on any atom is -0.382 e. The van der Waals surface area contributed by atoms with Crippen LogP contribution in [0.15, 0.2) is 24.3 Å². The molecule has 1 N–H and O–H groups in total. The van der Waals surface area contributed by atoms with Crippen molar-refractivity contribution in [2.24, 2.45) is 0 Å². The third kappa shape index (κ3) is 4.51. The number of benzene rings is 1. The monoisotopic (exact) mass is 278 g/mol. The quantitative estimate of drug-likeness (QED) is 0.774. The number of hydrogen-bond donors (Lipinski definition) is 1. The van der Waals surface area contributed by atoms with E-state index < -0.39 is 0 Å². The van der Waals surface area contributed by atoms with Crippen LogP contribution in [-0.2, 0) is 14.3 Å². The molecule has 1 aliphatic rings. The molecular formula is C15H22N2O3. The van der Waals surface area contributed by atoms with E-state index >= 15 is 0 Å². The molecule has 5 heteroatoms. The molecule has 0 aliphatic carbocycles. The summed E-state index contributed by atoms with van der Waals surface area (Å²) in [5.74, 6) is -0.143. The minimum absolute atomic E-state index is 0.0528. The number of carbonyl (C=O) groups excluding carboxylic acids is 1. The van der Waals surface area contributed by atoms with Crippen molar-refractivity contribution in [3.05, 3.63) is 24.3 Å². The second-order valence-corrected chi connectivity index (χ2v) is 4.83. The standard InChI is InChI=1S/C15H22N2O3/c1-19-10-11-20-12-15(18)16-13-4-6-14(7-5-13)17-8-2-3-9-17/h4-7H,2-3,8-12H2,1H3,(H,16,18). The van der Waals surface area contributed by atoms with Gasteiger partial charge in [0.1, 0.15) is 6.61 Å². The molecule has 20 heavy (non-hydrogen) atoms. The van der Waals surface area contributed by atoms with Gasteiger partial charge in [-0.25, -0.2) is 0 Å². The van der Waals surface area contributed by atoms with Crippen LogP contribution in [0.5, 0.6) is 0 Å². The van der Waals surface area contributed by atoms with E-state index in [1.54, 1.807) is 7.11 Å². The Morgan fingerprint density at radius 3 is 2.55 bits per heavy atom. The van der Waals surface area contributed by atoms with E-state index in [4.69, 9.17) is 9.47 Å². The van der Waals surface area contributed by atoms with Gasteiger partial charge in [0.15, 0.2) is 0 Å². The number of rotatable bonds is 7. The summed E-state index contributed by atoms with van der Waals surface area (Å²) in [5, 5.41) is 2.81. The fourth-order valence-electron chi connectivity index (χ4n) is 2.24. The molecule has 0 saturated carbocycles. The van der Waals surface area contributed by atoms with Crippen LogP contribution in [0.4, 0.5) is 11.4 Å². The maximum atomic E-state index is 11.6. The number of ether oxygens (including phenoxy) is 2. The van der Waals surface area contributed by atoms with Crippen molar-refractivity contribution in [1.29, 1.82) is 0 Å². The van der Waals surface area contributed by atoms with Crippen molar-refractivity contribution >= 4 is 17.3 Å². The second-order valence-electron chi connectivity index (χ2n) is 4.83. The van der Waals surface area contributed by atoms with Crippen molar-refractivity contribution < 1.29 is 14.3 Å². The third-order valence-corrected chi connectivity index (χ3v) is 3.29. The number of nitrogens with one attached hydrogen (secondary N) is 1. The lowest BCUT2D eigenvalue weighted by Crippen LogP contribution is -2.20. The van der Waals surface area contributed by atoms with E-state index in [1.807, 2.05) is 24.3 Å². The van der Waals surface area contributed by atoms with Gasteiger partial charge in [-0.1, -0.05) is 0 Å². The molecule has 1 amide bonds. The Bertz CT molecular complexity index is 414. The highest BCUT2D eigenvalue weighted by Crippen LogP contribution is 2.21. The van der Waals surface area contributed by atoms with Gasteiger partial charge in [0.25, 0.3) is 0 Å². The predicted octanol–water partition coefficient (Wildman–Crippen LogP) is 1.89. The zero-order valence-corrected chi connectivity index (χ0v) is 11.9. The zero-order chi connectivity index (χ0) is 14.2. The highest BCUT2D eigenvalue weighted by atomic mass is 16.5. The van der Waals surface area contributed by atoms with Gasteiger partial charge in [0, 0.05) is 31.6 Å². The molecule has 0 bridgehead atoms. The molecule has 0 radical (unpaired) electrons. The molecule has 0 spiro atoms. The van der Waals surface area contributed by atoms with Gasteiger partial charge in [0.05, 0.1) is 13.2 Å². The maximum Gasteiger partial charge on any atom is 0.250 e. The second kappa shape index (κ2) is 7.87. The SMILES string of the molecule is COCCOCC(=O)Nc1ccc(N2CCCC2)cc1. The maximum absolute atomic E-state index is 11.6. The molecule has 2 rings (SSSR count). The number of amides is 1. The van der Waals surface area contributed by atoms with Crippen LogP contribution in [0.25, 0.3) is 0 Å². The Morgan fingerprint density at radius 2 is 1.90 bits per heavy atom. The van der Waals surface area contributed by atoms with E-state index in [-0.39, 0.29) is 12.5 Å². The lowest BCUT2D eigenvalue weighted by molar-refractivity contribution is -0.121. The molecule has 0 unspecified atom stereocenters. The number of methoxy groups -OCH3 is 1. The van der Waals surface area contributed by atoms with Crippen molar-refractivity contribution in [1.82, 2.24) is 0 Å². The normalized spacial score (nSPS) is 14.6. The van der Waals surface area contributed by atoms with Crippen LogP contribution >= 0.6 is 0 Å². The average Bonchev–Trinajstić information content (AvgIpc) is 2.99. The zero-order valence-electron chi connectivity index (χ0n) is 11.9. The Kier molecular flexibility index (Phi) is 5.83. The minimum atomic E-state index is -0.143. The molecule has 1 fully saturated rings. The van der Waals surface area contributed by atoms with Crippen LogP contribution in [0.1, 0.15) is 12.8 Å². The fraction of sp³-hybridized carbons (Fsp3) is 0.533. The first-order chi connectivity index (χ1) is 9.79. The van der Waals surface area contributed by atoms with Crippen LogP contribution < -0.4 is 10.2 Å². The molecule has 1 aromatic rings. The molecule has 1 aromatic carbocycles. The molecular weight excluding hydrogens is 256 g/mol. The van der Waals surface area contributed by atoms with E-state index in [9.17, 15) is 4.79 Å². The van der Waals surface area contributed by atoms with Gasteiger partial charge >= 0.3 is 0 Å². The number of hydrogen-bond acceptors (Lipinski definition) is 4. The lowest BCUT2D eigenvalue weighted by atomic mass is 10.2. The van der Waals surface area contributed by atoms with Gasteiger partial charge in [-0.2, -0.15) is 0 Å². The fourth-order valence-corrected chi connectivity index (χ4v) is 2.24. The lowest BCUT2D eigenvalue weighted by Gasteiger charge is -2.17. The summed E-state index contributed by atoms with van der Waals surface area (Å²) in [6.07, 6.45) is 2.52. The van der Waals surface area contributed by atoms with Gasteiger partial charge in [-0.05, 0) is 37.1 Å². The van der Waals surface area contributed by atoms with Gasteiger partial charge < -0.3 is 19.7 Å². The number of nitrogens with zero attached hydrogens (tertiary/aromatic N) is 1. The Labute approximate surface area is 119 Å². The largest absolute Gasteiger partial charge is 0.382 e. The summed E-state index contributed by atoms with van der Waals surface area (Å²) in [7, 11) is 1.60. The molecule has 1 heterocycles. The molecule has 0 atom stereocenters. The summed E-state index contributed by atoms with van der Waals surface area (Å²) in [6.45, 7) is 3.23. The summed E-state index contributed by atoms with van der Waals surface area (Å²) in [4.78, 5) is 14.0. The van der Waals surface area contributed by atoms with Crippen molar-refractivity contribution in [3.8, 4) is 0 Å². The number of carbonyl (C=O) groups is 1. The van der Waals surface area contributed by atoms with Crippen LogP contribution in [0, 0.1) is 0 Å². The summed E-state index contributed by atoms with van der Waals surface area (Å²) >= 11 is 0. The topological polar surface area (TPSA) is 50.8 Å².